The van der Waals surface area contributed by atoms with Crippen molar-refractivity contribution in [2.45, 2.75) is 94.2 Å². The first-order valence-corrected chi connectivity index (χ1v) is 17.1. The van der Waals surface area contributed by atoms with Gasteiger partial charge in [0.15, 0.2) is 17.1 Å². The van der Waals surface area contributed by atoms with Crippen LogP contribution in [0.1, 0.15) is 57.3 Å². The third-order valence-corrected chi connectivity index (χ3v) is 9.80. The van der Waals surface area contributed by atoms with E-state index in [9.17, 15) is 39.9 Å². The molecule has 51 heavy (non-hydrogen) atoms. The fraction of sp³-hybridized carbons (Fsp3) is 0.735. The quantitative estimate of drug-likeness (QED) is 0.126. The van der Waals surface area contributed by atoms with Crippen LogP contribution in [0, 0.1) is 0 Å². The van der Waals surface area contributed by atoms with Gasteiger partial charge in [-0.2, -0.15) is 0 Å². The normalized spacial score (nSPS) is 28.6. The number of aromatic hydroxyl groups is 1. The highest BCUT2D eigenvalue weighted by molar-refractivity contribution is 5.95. The first kappa shape index (κ1) is 40.5. The molecule has 7 atom stereocenters. The maximum absolute atomic E-state index is 13.0. The number of methoxy groups -OCH3 is 2. The van der Waals surface area contributed by atoms with Crippen LogP contribution in [0.15, 0.2) is 12.1 Å². The van der Waals surface area contributed by atoms with Gasteiger partial charge in [-0.05, 0) is 39.3 Å². The molecule has 0 bridgehead atoms. The Morgan fingerprint density at radius 1 is 1.12 bits per heavy atom. The van der Waals surface area contributed by atoms with Gasteiger partial charge in [-0.1, -0.05) is 0 Å². The second kappa shape index (κ2) is 16.6. The fourth-order valence-electron chi connectivity index (χ4n) is 6.97. The van der Waals surface area contributed by atoms with Crippen LogP contribution in [0.5, 0.6) is 17.2 Å². The van der Waals surface area contributed by atoms with Crippen molar-refractivity contribution < 1.29 is 63.6 Å². The molecular formula is C34H54N4O13. The number of likely N-dealkylation sites (tertiary alicyclic amines) is 1. The zero-order chi connectivity index (χ0) is 37.7. The number of carboxylic acid groups (broad SMARTS) is 1. The molecule has 17 nitrogen and oxygen atoms in total. The predicted molar refractivity (Wildman–Crippen MR) is 181 cm³/mol. The van der Waals surface area contributed by atoms with Crippen molar-refractivity contribution in [1.29, 1.82) is 0 Å². The van der Waals surface area contributed by atoms with E-state index in [1.54, 1.807) is 0 Å². The second-order valence-electron chi connectivity index (χ2n) is 14.6. The lowest BCUT2D eigenvalue weighted by Gasteiger charge is -2.49. The molecule has 0 aromatic heterocycles. The molecule has 3 aliphatic heterocycles. The van der Waals surface area contributed by atoms with Crippen LogP contribution in [0.3, 0.4) is 0 Å². The minimum absolute atomic E-state index is 0.0153. The Balaban J connectivity index is 1.49. The number of phenols is 1. The number of hydrogen-bond donors (Lipinski definition) is 7. The van der Waals surface area contributed by atoms with Gasteiger partial charge in [-0.3, -0.25) is 19.4 Å². The van der Waals surface area contributed by atoms with E-state index >= 15 is 0 Å². The fourth-order valence-corrected chi connectivity index (χ4v) is 6.97. The number of nitrogens with zero attached hydrogens (tertiary/aromatic N) is 2. The summed E-state index contributed by atoms with van der Waals surface area (Å²) in [6, 6.07) is 1.24. The second-order valence-corrected chi connectivity index (χ2v) is 14.6. The van der Waals surface area contributed by atoms with Gasteiger partial charge < -0.3 is 59.9 Å². The van der Waals surface area contributed by atoms with Crippen molar-refractivity contribution in [2.75, 3.05) is 66.9 Å². The summed E-state index contributed by atoms with van der Waals surface area (Å²) in [4.78, 5) is 42.5. The summed E-state index contributed by atoms with van der Waals surface area (Å²) < 4.78 is 28.2. The molecule has 1 aromatic rings. The Labute approximate surface area is 297 Å². The lowest BCUT2D eigenvalue weighted by atomic mass is 9.81. The number of benzene rings is 1. The van der Waals surface area contributed by atoms with Gasteiger partial charge in [0, 0.05) is 58.1 Å². The van der Waals surface area contributed by atoms with Gasteiger partial charge in [0.1, 0.15) is 12.2 Å². The highest BCUT2D eigenvalue weighted by Gasteiger charge is 2.55. The number of morpholine rings is 1. The lowest BCUT2D eigenvalue weighted by molar-refractivity contribution is -0.231. The zero-order valence-corrected chi connectivity index (χ0v) is 30.2. The van der Waals surface area contributed by atoms with Crippen LogP contribution in [-0.4, -0.2) is 167 Å². The first-order chi connectivity index (χ1) is 23.9. The number of aliphatic hydroxyl groups is 3. The third-order valence-electron chi connectivity index (χ3n) is 9.80. The Morgan fingerprint density at radius 2 is 1.78 bits per heavy atom. The molecule has 1 spiro atoms. The predicted octanol–water partition coefficient (Wildman–Crippen LogP) is -0.722. The van der Waals surface area contributed by atoms with Gasteiger partial charge in [-0.25, -0.2) is 4.79 Å². The molecule has 1 aromatic carbocycles. The summed E-state index contributed by atoms with van der Waals surface area (Å²) in [5, 5.41) is 59.4. The molecular weight excluding hydrogens is 672 g/mol. The number of carboxylic acids is 1. The maximum Gasteiger partial charge on any atom is 0.336 e. The Bertz CT molecular complexity index is 1370. The zero-order valence-electron chi connectivity index (χ0n) is 30.2. The van der Waals surface area contributed by atoms with Crippen LogP contribution < -0.4 is 20.1 Å². The monoisotopic (exact) mass is 726 g/mol. The smallest absolute Gasteiger partial charge is 0.336 e. The molecule has 3 heterocycles. The average molecular weight is 727 g/mol. The summed E-state index contributed by atoms with van der Waals surface area (Å²) in [5.41, 5.74) is -2.67. The molecule has 288 valence electrons. The summed E-state index contributed by atoms with van der Waals surface area (Å²) >= 11 is 0. The van der Waals surface area contributed by atoms with Crippen LogP contribution in [0.4, 0.5) is 0 Å². The lowest BCUT2D eigenvalue weighted by Crippen LogP contribution is -2.68. The van der Waals surface area contributed by atoms with E-state index in [2.05, 4.69) is 20.4 Å². The van der Waals surface area contributed by atoms with Crippen molar-refractivity contribution in [3.05, 3.63) is 17.7 Å². The van der Waals surface area contributed by atoms with E-state index < -0.39 is 66.8 Å². The molecule has 3 fully saturated rings. The molecule has 3 saturated heterocycles. The SMILES string of the molecule is COc1cc(C(=O)NC[C@@H](O)[C@@H](O)[C@@H]2O[C@@](CCN3CCOC[C@@]34CCN(COC(C)(C)C)C4)(C(=O)O)C[C@H](O)[C@H]2NC(C)=O)cc(OC)c1O. The standard InChI is InChI=1S/C34H54N4O13/c1-20(39)36-26-22(40)15-34(31(45)46,8-10-38-11-12-49-18-33(38)7-9-37(17-33)19-50-32(2,3)4)51-29(26)27(42)23(41)16-35-30(44)21-13-24(47-5)28(43)25(14-21)48-6/h13-14,22-23,26-27,29,40-43H,7-12,15-19H2,1-6H3,(H,35,44)(H,36,39)(H,45,46)/t22-,23+,26+,27+,29+,33-,34+/m0/s1. The van der Waals surface area contributed by atoms with Crippen LogP contribution in [0.2, 0.25) is 0 Å². The molecule has 4 rings (SSSR count). The van der Waals surface area contributed by atoms with Crippen molar-refractivity contribution in [2.24, 2.45) is 0 Å². The highest BCUT2D eigenvalue weighted by atomic mass is 16.6. The number of aliphatic hydroxyl groups excluding tert-OH is 3. The number of carbonyl (C=O) groups is 3. The number of ether oxygens (including phenoxy) is 5. The van der Waals surface area contributed by atoms with E-state index in [1.165, 1.54) is 33.3 Å². The molecule has 0 saturated carbocycles. The van der Waals surface area contributed by atoms with Crippen molar-refractivity contribution in [3.63, 3.8) is 0 Å². The first-order valence-electron chi connectivity index (χ1n) is 17.1. The van der Waals surface area contributed by atoms with Gasteiger partial charge >= 0.3 is 5.97 Å². The van der Waals surface area contributed by atoms with Crippen molar-refractivity contribution in [3.8, 4) is 17.2 Å². The van der Waals surface area contributed by atoms with E-state index in [0.29, 0.717) is 33.0 Å². The molecule has 0 unspecified atom stereocenters. The van der Waals surface area contributed by atoms with E-state index in [1.807, 2.05) is 20.8 Å². The summed E-state index contributed by atoms with van der Waals surface area (Å²) in [6.07, 6.45) is -6.32. The Kier molecular flexibility index (Phi) is 13.2. The molecule has 2 amide bonds. The van der Waals surface area contributed by atoms with Crippen molar-refractivity contribution in [1.82, 2.24) is 20.4 Å². The Morgan fingerprint density at radius 3 is 2.37 bits per heavy atom. The number of carbonyl (C=O) groups excluding carboxylic acids is 2. The topological polar surface area (TPSA) is 229 Å². The van der Waals surface area contributed by atoms with E-state index in [-0.39, 0.29) is 46.9 Å². The molecule has 0 aliphatic carbocycles. The number of rotatable bonds is 14. The van der Waals surface area contributed by atoms with Crippen molar-refractivity contribution >= 4 is 17.8 Å². The van der Waals surface area contributed by atoms with Gasteiger partial charge in [-0.15, -0.1) is 0 Å². The molecule has 3 aliphatic rings. The van der Waals surface area contributed by atoms with E-state index in [0.717, 1.165) is 13.0 Å². The molecule has 17 heteroatoms. The maximum atomic E-state index is 13.0. The summed E-state index contributed by atoms with van der Waals surface area (Å²) in [7, 11) is 2.59. The van der Waals surface area contributed by atoms with Gasteiger partial charge in [0.05, 0.1) is 63.6 Å². The molecule has 0 radical (unpaired) electrons. The average Bonchev–Trinajstić information content (AvgIpc) is 3.48. The minimum atomic E-state index is -1.99. The number of hydrogen-bond acceptors (Lipinski definition) is 14. The van der Waals surface area contributed by atoms with Crippen LogP contribution in [0.25, 0.3) is 0 Å². The summed E-state index contributed by atoms with van der Waals surface area (Å²) in [6.45, 7) is 10.2. The van der Waals surface area contributed by atoms with Gasteiger partial charge in [0.2, 0.25) is 11.7 Å². The Hall–Kier alpha value is -3.29. The minimum Gasteiger partial charge on any atom is -0.502 e. The largest absolute Gasteiger partial charge is 0.502 e. The van der Waals surface area contributed by atoms with Gasteiger partial charge in [0.25, 0.3) is 5.91 Å². The number of aliphatic carboxylic acids is 1. The van der Waals surface area contributed by atoms with Crippen LogP contribution >= 0.6 is 0 Å². The summed E-state index contributed by atoms with van der Waals surface area (Å²) in [5.74, 6) is -3.03. The highest BCUT2D eigenvalue weighted by Crippen LogP contribution is 2.39. The number of phenolic OH excluding ortho intramolecular Hbond substituents is 1. The number of nitrogens with one attached hydrogen (secondary N) is 2. The third kappa shape index (κ3) is 9.58. The number of amides is 2. The van der Waals surface area contributed by atoms with E-state index in [4.69, 9.17) is 23.7 Å². The van der Waals surface area contributed by atoms with Crippen LogP contribution in [-0.2, 0) is 23.8 Å². The molecule has 7 N–H and O–H groups in total.